The first kappa shape index (κ1) is 9.18. The minimum Gasteiger partial charge on any atom is -0.398 e. The molecule has 5 heteroatoms. The number of benzene rings is 1. The highest BCUT2D eigenvalue weighted by molar-refractivity contribution is 7.74. The molecule has 0 saturated carbocycles. The van der Waals surface area contributed by atoms with Crippen molar-refractivity contribution in [2.24, 2.45) is 0 Å². The molecule has 0 spiro atoms. The van der Waals surface area contributed by atoms with Crippen LogP contribution in [0.15, 0.2) is 24.3 Å². The van der Waals surface area contributed by atoms with E-state index < -0.39 is 11.4 Å². The van der Waals surface area contributed by atoms with E-state index in [1.165, 1.54) is 0 Å². The zero-order valence-corrected chi connectivity index (χ0v) is 7.08. The first-order valence-corrected chi connectivity index (χ1v) is 4.31. The topological polar surface area (TPSA) is 72.5 Å². The van der Waals surface area contributed by atoms with Gasteiger partial charge in [0.15, 0.2) is 0 Å². The molecule has 1 aromatic rings. The highest BCUT2D eigenvalue weighted by atomic mass is 32.2. The van der Waals surface area contributed by atoms with Gasteiger partial charge in [0.2, 0.25) is 0 Å². The number of hydrogen-bond donors (Lipinski definition) is 2. The van der Waals surface area contributed by atoms with Gasteiger partial charge in [0.1, 0.15) is 0 Å². The Labute approximate surface area is 72.8 Å². The summed E-state index contributed by atoms with van der Waals surface area (Å²) in [6, 6.07) is 7.02. The summed E-state index contributed by atoms with van der Waals surface area (Å²) in [6.45, 7) is 0.0514. The van der Waals surface area contributed by atoms with Gasteiger partial charge in [-0.3, -0.25) is 8.74 Å². The van der Waals surface area contributed by atoms with Crippen molar-refractivity contribution < 1.29 is 12.9 Å². The molecule has 0 saturated heterocycles. The predicted octanol–water partition coefficient (Wildman–Crippen LogP) is 0.922. The van der Waals surface area contributed by atoms with Crippen molar-refractivity contribution in [2.75, 3.05) is 5.73 Å². The minimum absolute atomic E-state index is 0.0514. The molecule has 3 N–H and O–H groups in total. The standard InChI is InChI=1S/C7H9NO3S/c8-7-4-2-1-3-6(7)5-11-12(9)10/h1-4H,5,8H2,(H,9,10). The van der Waals surface area contributed by atoms with Gasteiger partial charge in [-0.05, 0) is 6.07 Å². The lowest BCUT2D eigenvalue weighted by Crippen LogP contribution is -1.99. The van der Waals surface area contributed by atoms with Crippen LogP contribution in [0.3, 0.4) is 0 Å². The maximum atomic E-state index is 10.1. The summed E-state index contributed by atoms with van der Waals surface area (Å²) in [5.41, 5.74) is 6.81. The smallest absolute Gasteiger partial charge is 0.302 e. The summed E-state index contributed by atoms with van der Waals surface area (Å²) in [5, 5.41) is 0. The van der Waals surface area contributed by atoms with Gasteiger partial charge in [0.05, 0.1) is 6.61 Å². The number of anilines is 1. The van der Waals surface area contributed by atoms with Gasteiger partial charge in [0, 0.05) is 11.3 Å². The first-order valence-electron chi connectivity index (χ1n) is 3.27. The molecule has 0 bridgehead atoms. The van der Waals surface area contributed by atoms with Crippen molar-refractivity contribution in [1.82, 2.24) is 0 Å². The van der Waals surface area contributed by atoms with Gasteiger partial charge >= 0.3 is 11.4 Å². The molecule has 1 rings (SSSR count). The second-order valence-corrected chi connectivity index (χ2v) is 2.85. The third kappa shape index (κ3) is 2.61. The number of rotatable bonds is 3. The lowest BCUT2D eigenvalue weighted by atomic mass is 10.2. The van der Waals surface area contributed by atoms with Gasteiger partial charge in [-0.2, -0.15) is 4.21 Å². The molecule has 0 aliphatic rings. The molecule has 0 aliphatic carbocycles. The van der Waals surface area contributed by atoms with Gasteiger partial charge in [-0.15, -0.1) is 0 Å². The number of nitrogens with two attached hydrogens (primary N) is 1. The molecule has 66 valence electrons. The molecule has 0 aromatic heterocycles. The summed E-state index contributed by atoms with van der Waals surface area (Å²) in [5.74, 6) is 0. The first-order chi connectivity index (χ1) is 5.70. The van der Waals surface area contributed by atoms with E-state index >= 15 is 0 Å². The molecular weight excluding hydrogens is 178 g/mol. The van der Waals surface area contributed by atoms with Crippen LogP contribution in [0, 0.1) is 0 Å². The molecule has 1 aromatic carbocycles. The Morgan fingerprint density at radius 3 is 2.75 bits per heavy atom. The summed E-state index contributed by atoms with van der Waals surface area (Å²) in [7, 11) is 0. The van der Waals surface area contributed by atoms with E-state index in [1.54, 1.807) is 24.3 Å². The number of hydrogen-bond acceptors (Lipinski definition) is 3. The lowest BCUT2D eigenvalue weighted by Gasteiger charge is -2.02. The molecule has 12 heavy (non-hydrogen) atoms. The molecule has 1 unspecified atom stereocenters. The zero-order valence-electron chi connectivity index (χ0n) is 6.27. The van der Waals surface area contributed by atoms with Crippen molar-refractivity contribution in [2.45, 2.75) is 6.61 Å². The Balaban J connectivity index is 2.63. The van der Waals surface area contributed by atoms with Crippen LogP contribution in [0.2, 0.25) is 0 Å². The third-order valence-corrected chi connectivity index (χ3v) is 1.69. The third-order valence-electron chi connectivity index (χ3n) is 1.37. The van der Waals surface area contributed by atoms with E-state index in [1.807, 2.05) is 0 Å². The average molecular weight is 187 g/mol. The molecule has 0 radical (unpaired) electrons. The van der Waals surface area contributed by atoms with Crippen LogP contribution < -0.4 is 5.73 Å². The molecule has 0 heterocycles. The van der Waals surface area contributed by atoms with Crippen LogP contribution in [0.4, 0.5) is 5.69 Å². The second-order valence-electron chi connectivity index (χ2n) is 2.18. The van der Waals surface area contributed by atoms with E-state index in [0.717, 1.165) is 0 Å². The van der Waals surface area contributed by atoms with Crippen LogP contribution in [0.1, 0.15) is 5.56 Å². The maximum absolute atomic E-state index is 10.1. The molecule has 0 amide bonds. The molecule has 0 aliphatic heterocycles. The van der Waals surface area contributed by atoms with Crippen LogP contribution in [-0.4, -0.2) is 8.76 Å². The average Bonchev–Trinajstić information content (AvgIpc) is 2.03. The van der Waals surface area contributed by atoms with E-state index in [-0.39, 0.29) is 6.61 Å². The van der Waals surface area contributed by atoms with Crippen LogP contribution in [0.25, 0.3) is 0 Å². The van der Waals surface area contributed by atoms with Crippen molar-refractivity contribution in [3.05, 3.63) is 29.8 Å². The van der Waals surface area contributed by atoms with E-state index in [0.29, 0.717) is 11.3 Å². The molecule has 0 fully saturated rings. The van der Waals surface area contributed by atoms with Gasteiger partial charge in [-0.1, -0.05) is 18.2 Å². The van der Waals surface area contributed by atoms with Gasteiger partial charge in [-0.25, -0.2) is 0 Å². The summed E-state index contributed by atoms with van der Waals surface area (Å²) < 4.78 is 22.9. The fourth-order valence-corrected chi connectivity index (χ4v) is 1.01. The van der Waals surface area contributed by atoms with Crippen molar-refractivity contribution >= 4 is 17.0 Å². The van der Waals surface area contributed by atoms with Gasteiger partial charge in [0.25, 0.3) is 0 Å². The highest BCUT2D eigenvalue weighted by Gasteiger charge is 1.99. The number of nitrogen functional groups attached to an aromatic ring is 1. The summed E-state index contributed by atoms with van der Waals surface area (Å²) >= 11 is -2.23. The molecule has 1 atom stereocenters. The maximum Gasteiger partial charge on any atom is 0.302 e. The van der Waals surface area contributed by atoms with E-state index in [2.05, 4.69) is 4.18 Å². The Kier molecular flexibility index (Phi) is 3.21. The SMILES string of the molecule is Nc1ccccc1COS(=O)O. The van der Waals surface area contributed by atoms with Crippen LogP contribution in [-0.2, 0) is 22.2 Å². The predicted molar refractivity (Wildman–Crippen MR) is 46.4 cm³/mol. The highest BCUT2D eigenvalue weighted by Crippen LogP contribution is 2.11. The lowest BCUT2D eigenvalue weighted by molar-refractivity contribution is 0.297. The van der Waals surface area contributed by atoms with E-state index in [4.69, 9.17) is 10.3 Å². The monoisotopic (exact) mass is 187 g/mol. The van der Waals surface area contributed by atoms with E-state index in [9.17, 15) is 4.21 Å². The second kappa shape index (κ2) is 4.20. The Hall–Kier alpha value is -0.910. The Bertz CT molecular complexity index is 290. The minimum atomic E-state index is -2.23. The fraction of sp³-hybridized carbons (Fsp3) is 0.143. The quantitative estimate of drug-likeness (QED) is 0.545. The largest absolute Gasteiger partial charge is 0.398 e. The zero-order chi connectivity index (χ0) is 8.97. The number of para-hydroxylation sites is 1. The normalized spacial score (nSPS) is 12.8. The van der Waals surface area contributed by atoms with Crippen LogP contribution in [0.5, 0.6) is 0 Å². The Morgan fingerprint density at radius 2 is 2.17 bits per heavy atom. The van der Waals surface area contributed by atoms with Gasteiger partial charge < -0.3 is 5.73 Å². The van der Waals surface area contributed by atoms with Crippen LogP contribution >= 0.6 is 0 Å². The summed E-state index contributed by atoms with van der Waals surface area (Å²) in [4.78, 5) is 0. The van der Waals surface area contributed by atoms with Crippen molar-refractivity contribution in [1.29, 1.82) is 0 Å². The fourth-order valence-electron chi connectivity index (χ4n) is 0.780. The van der Waals surface area contributed by atoms with Crippen molar-refractivity contribution in [3.8, 4) is 0 Å². The Morgan fingerprint density at radius 1 is 1.50 bits per heavy atom. The molecule has 4 nitrogen and oxygen atoms in total. The van der Waals surface area contributed by atoms with Crippen molar-refractivity contribution in [3.63, 3.8) is 0 Å². The summed E-state index contributed by atoms with van der Waals surface area (Å²) in [6.07, 6.45) is 0. The molecular formula is C7H9NO3S.